The average molecular weight is 247 g/mol. The van der Waals surface area contributed by atoms with Crippen LogP contribution in [0, 0.1) is 0 Å². The fourth-order valence-corrected chi connectivity index (χ4v) is 1.33. The van der Waals surface area contributed by atoms with E-state index in [2.05, 4.69) is 15.9 Å². The Morgan fingerprint density at radius 2 is 2.31 bits per heavy atom. The molecule has 0 aliphatic rings. The van der Waals surface area contributed by atoms with Crippen molar-refractivity contribution in [3.05, 3.63) is 33.2 Å². The first kappa shape index (κ1) is 10.4. The van der Waals surface area contributed by atoms with Gasteiger partial charge in [-0.05, 0) is 22.0 Å². The molecule has 0 amide bonds. The molecule has 1 heterocycles. The van der Waals surface area contributed by atoms with Gasteiger partial charge >= 0.3 is 0 Å². The fraction of sp³-hybridized carbons (Fsp3) is 0.375. The van der Waals surface area contributed by atoms with Crippen molar-refractivity contribution in [2.75, 3.05) is 6.54 Å². The number of hydrogen-bond acceptors (Lipinski definition) is 3. The van der Waals surface area contributed by atoms with Crippen LogP contribution in [0.15, 0.2) is 27.6 Å². The minimum Gasteiger partial charge on any atom is -0.390 e. The Balaban J connectivity index is 2.87. The molecule has 1 atom stereocenters. The summed E-state index contributed by atoms with van der Waals surface area (Å²) in [6, 6.07) is 3.10. The molecule has 1 aromatic rings. The third-order valence-corrected chi connectivity index (χ3v) is 2.10. The fourth-order valence-electron chi connectivity index (χ4n) is 0.946. The van der Waals surface area contributed by atoms with Crippen LogP contribution in [0.4, 0.5) is 0 Å². The van der Waals surface area contributed by atoms with Crippen LogP contribution in [-0.4, -0.2) is 22.3 Å². The number of nitrogens with two attached hydrogens (primary N) is 1. The number of halogens is 1. The van der Waals surface area contributed by atoms with Gasteiger partial charge in [0.1, 0.15) is 0 Å². The molecule has 3 N–H and O–H groups in total. The Morgan fingerprint density at radius 3 is 2.92 bits per heavy atom. The number of nitrogens with zero attached hydrogens (tertiary/aromatic N) is 1. The number of aliphatic hydroxyl groups is 1. The highest BCUT2D eigenvalue weighted by Crippen LogP contribution is 2.04. The van der Waals surface area contributed by atoms with Crippen molar-refractivity contribution in [3.63, 3.8) is 0 Å². The summed E-state index contributed by atoms with van der Waals surface area (Å²) in [6.07, 6.45) is 0.952. The average Bonchev–Trinajstić information content (AvgIpc) is 2.11. The van der Waals surface area contributed by atoms with E-state index in [4.69, 9.17) is 5.73 Å². The van der Waals surface area contributed by atoms with Gasteiger partial charge in [0.05, 0.1) is 12.6 Å². The Kier molecular flexibility index (Phi) is 3.65. The number of hydrogen-bond donors (Lipinski definition) is 2. The Morgan fingerprint density at radius 1 is 1.62 bits per heavy atom. The molecule has 0 fully saturated rings. The zero-order chi connectivity index (χ0) is 9.84. The van der Waals surface area contributed by atoms with Crippen molar-refractivity contribution in [3.8, 4) is 0 Å². The molecule has 0 aliphatic carbocycles. The molecule has 0 unspecified atom stereocenters. The van der Waals surface area contributed by atoms with Crippen LogP contribution in [0.5, 0.6) is 0 Å². The molecule has 0 aliphatic heterocycles. The van der Waals surface area contributed by atoms with E-state index in [0.29, 0.717) is 0 Å². The van der Waals surface area contributed by atoms with Crippen LogP contribution in [0.3, 0.4) is 0 Å². The minimum absolute atomic E-state index is 0.143. The summed E-state index contributed by atoms with van der Waals surface area (Å²) in [6.45, 7) is 0.383. The normalized spacial score (nSPS) is 12.8. The quantitative estimate of drug-likeness (QED) is 0.785. The lowest BCUT2D eigenvalue weighted by Gasteiger charge is -2.09. The van der Waals surface area contributed by atoms with E-state index in [1.807, 2.05) is 0 Å². The standard InChI is InChI=1S/C8H11BrN2O2/c9-6-1-2-8(13)11(4-6)5-7(12)3-10/h1-2,4,7,12H,3,5,10H2/t7-/m1/s1. The van der Waals surface area contributed by atoms with Crippen LogP contribution in [0.25, 0.3) is 0 Å². The molecule has 0 saturated carbocycles. The van der Waals surface area contributed by atoms with E-state index in [1.54, 1.807) is 12.3 Å². The summed E-state index contributed by atoms with van der Waals surface area (Å²) in [5.41, 5.74) is 5.09. The van der Waals surface area contributed by atoms with E-state index in [0.717, 1.165) is 4.47 Å². The molecule has 1 rings (SSSR count). The first-order valence-corrected chi connectivity index (χ1v) is 4.67. The van der Waals surface area contributed by atoms with Gasteiger partial charge in [-0.1, -0.05) is 0 Å². The van der Waals surface area contributed by atoms with Gasteiger partial charge in [-0.15, -0.1) is 0 Å². The lowest BCUT2D eigenvalue weighted by molar-refractivity contribution is 0.160. The molecular weight excluding hydrogens is 236 g/mol. The molecule has 0 saturated heterocycles. The van der Waals surface area contributed by atoms with Gasteiger partial charge < -0.3 is 15.4 Å². The van der Waals surface area contributed by atoms with Crippen molar-refractivity contribution in [1.29, 1.82) is 0 Å². The zero-order valence-electron chi connectivity index (χ0n) is 6.98. The number of aliphatic hydroxyl groups excluding tert-OH is 1. The number of rotatable bonds is 3. The number of pyridine rings is 1. The number of aromatic nitrogens is 1. The minimum atomic E-state index is -0.674. The lowest BCUT2D eigenvalue weighted by atomic mass is 10.3. The molecule has 1 aromatic heterocycles. The summed E-state index contributed by atoms with van der Waals surface area (Å²) in [5.74, 6) is 0. The second-order valence-electron chi connectivity index (χ2n) is 2.73. The third-order valence-electron chi connectivity index (χ3n) is 1.63. The van der Waals surface area contributed by atoms with Crippen molar-refractivity contribution in [1.82, 2.24) is 4.57 Å². The van der Waals surface area contributed by atoms with Crippen molar-refractivity contribution < 1.29 is 5.11 Å². The van der Waals surface area contributed by atoms with Gasteiger partial charge in [-0.3, -0.25) is 4.79 Å². The van der Waals surface area contributed by atoms with Gasteiger partial charge in [0.15, 0.2) is 0 Å². The molecule has 0 spiro atoms. The van der Waals surface area contributed by atoms with E-state index in [-0.39, 0.29) is 18.6 Å². The molecule has 13 heavy (non-hydrogen) atoms. The summed E-state index contributed by atoms with van der Waals surface area (Å²) >= 11 is 3.24. The second kappa shape index (κ2) is 4.55. The molecular formula is C8H11BrN2O2. The maximum absolute atomic E-state index is 11.2. The Hall–Kier alpha value is -0.650. The molecule has 0 bridgehead atoms. The van der Waals surface area contributed by atoms with Crippen molar-refractivity contribution in [2.24, 2.45) is 5.73 Å². The highest BCUT2D eigenvalue weighted by molar-refractivity contribution is 9.10. The highest BCUT2D eigenvalue weighted by atomic mass is 79.9. The van der Waals surface area contributed by atoms with Crippen LogP contribution >= 0.6 is 15.9 Å². The first-order valence-electron chi connectivity index (χ1n) is 3.87. The molecule has 5 heteroatoms. The lowest BCUT2D eigenvalue weighted by Crippen LogP contribution is -2.30. The zero-order valence-corrected chi connectivity index (χ0v) is 8.57. The molecule has 0 aromatic carbocycles. The van der Waals surface area contributed by atoms with Crippen molar-refractivity contribution >= 4 is 15.9 Å². The van der Waals surface area contributed by atoms with E-state index in [9.17, 15) is 9.90 Å². The summed E-state index contributed by atoms with van der Waals surface area (Å²) in [4.78, 5) is 11.2. The monoisotopic (exact) mass is 246 g/mol. The SMILES string of the molecule is NC[C@@H](O)Cn1cc(Br)ccc1=O. The van der Waals surface area contributed by atoms with Crippen LogP contribution in [0.1, 0.15) is 0 Å². The van der Waals surface area contributed by atoms with Crippen LogP contribution in [-0.2, 0) is 6.54 Å². The topological polar surface area (TPSA) is 68.2 Å². The summed E-state index contributed by atoms with van der Waals surface area (Å²) < 4.78 is 2.22. The van der Waals surface area contributed by atoms with Gasteiger partial charge in [-0.25, -0.2) is 0 Å². The molecule has 0 radical (unpaired) electrons. The molecule has 72 valence electrons. The van der Waals surface area contributed by atoms with Gasteiger partial charge in [0.25, 0.3) is 5.56 Å². The molecule has 4 nitrogen and oxygen atoms in total. The van der Waals surface area contributed by atoms with E-state index < -0.39 is 6.10 Å². The Labute approximate surface area is 84.1 Å². The predicted molar refractivity (Wildman–Crippen MR) is 53.5 cm³/mol. The van der Waals surface area contributed by atoms with Gasteiger partial charge in [-0.2, -0.15) is 0 Å². The first-order chi connectivity index (χ1) is 6.13. The smallest absolute Gasteiger partial charge is 0.250 e. The summed E-state index contributed by atoms with van der Waals surface area (Å²) in [5, 5.41) is 9.23. The third kappa shape index (κ3) is 2.95. The van der Waals surface area contributed by atoms with Crippen LogP contribution in [0.2, 0.25) is 0 Å². The summed E-state index contributed by atoms with van der Waals surface area (Å²) in [7, 11) is 0. The predicted octanol–water partition coefficient (Wildman–Crippen LogP) is -0.0696. The van der Waals surface area contributed by atoms with Crippen LogP contribution < -0.4 is 11.3 Å². The second-order valence-corrected chi connectivity index (χ2v) is 3.64. The van der Waals surface area contributed by atoms with Crippen molar-refractivity contribution in [2.45, 2.75) is 12.6 Å². The largest absolute Gasteiger partial charge is 0.390 e. The maximum atomic E-state index is 11.2. The van der Waals surface area contributed by atoms with Gasteiger partial charge in [0.2, 0.25) is 0 Å². The van der Waals surface area contributed by atoms with Gasteiger partial charge in [0, 0.05) is 23.3 Å². The van der Waals surface area contributed by atoms with E-state index in [1.165, 1.54) is 10.6 Å². The van der Waals surface area contributed by atoms with E-state index >= 15 is 0 Å². The highest BCUT2D eigenvalue weighted by Gasteiger charge is 2.03. The Bertz CT molecular complexity index is 337. The maximum Gasteiger partial charge on any atom is 0.250 e.